The molecule has 2 heterocycles. The first-order valence-electron chi connectivity index (χ1n) is 8.61. The van der Waals surface area contributed by atoms with Gasteiger partial charge in [0.05, 0.1) is 18.1 Å². The standard InChI is InChI=1S/C18H24N4O3S/c1-14-19-8-9-22(14)16-5-3-15(4-6-16)11-20-18(23)12-21(2)17-7-10-26(24,25)13-17/h3-6,8-9,17H,7,10-13H2,1-2H3,(H,20,23). The minimum absolute atomic E-state index is 0.0662. The Morgan fingerprint density at radius 2 is 2.08 bits per heavy atom. The predicted molar refractivity (Wildman–Crippen MR) is 99.8 cm³/mol. The molecule has 0 bridgehead atoms. The second kappa shape index (κ2) is 7.59. The van der Waals surface area contributed by atoms with Gasteiger partial charge in [0.1, 0.15) is 5.82 Å². The topological polar surface area (TPSA) is 84.3 Å². The number of nitrogens with one attached hydrogen (secondary N) is 1. The normalized spacial score (nSPS) is 19.0. The number of aryl methyl sites for hydroxylation is 1. The van der Waals surface area contributed by atoms with Crippen molar-refractivity contribution in [2.45, 2.75) is 25.9 Å². The van der Waals surface area contributed by atoms with Gasteiger partial charge in [-0.2, -0.15) is 0 Å². The summed E-state index contributed by atoms with van der Waals surface area (Å²) in [4.78, 5) is 18.2. The zero-order valence-corrected chi connectivity index (χ0v) is 15.9. The second-order valence-corrected chi connectivity index (χ2v) is 8.99. The molecule has 1 saturated heterocycles. The monoisotopic (exact) mass is 376 g/mol. The van der Waals surface area contributed by atoms with Gasteiger partial charge in [0.15, 0.2) is 9.84 Å². The molecule has 1 aromatic carbocycles. The fourth-order valence-electron chi connectivity index (χ4n) is 3.16. The molecule has 1 unspecified atom stereocenters. The lowest BCUT2D eigenvalue weighted by Gasteiger charge is -2.22. The maximum atomic E-state index is 12.1. The van der Waals surface area contributed by atoms with E-state index >= 15 is 0 Å². The van der Waals surface area contributed by atoms with Crippen molar-refractivity contribution in [2.24, 2.45) is 0 Å². The number of aromatic nitrogens is 2. The predicted octanol–water partition coefficient (Wildman–Crippen LogP) is 0.916. The highest BCUT2D eigenvalue weighted by Gasteiger charge is 2.31. The van der Waals surface area contributed by atoms with E-state index in [-0.39, 0.29) is 30.0 Å². The van der Waals surface area contributed by atoms with Gasteiger partial charge in [0, 0.05) is 30.7 Å². The van der Waals surface area contributed by atoms with Crippen LogP contribution in [0.1, 0.15) is 17.8 Å². The maximum Gasteiger partial charge on any atom is 0.234 e. The van der Waals surface area contributed by atoms with Gasteiger partial charge in [-0.1, -0.05) is 12.1 Å². The number of amides is 1. The SMILES string of the molecule is Cc1nccn1-c1ccc(CNC(=O)CN(C)C2CCS(=O)(=O)C2)cc1. The molecule has 1 amide bonds. The van der Waals surface area contributed by atoms with Gasteiger partial charge in [-0.05, 0) is 38.1 Å². The summed E-state index contributed by atoms with van der Waals surface area (Å²) in [5.41, 5.74) is 2.03. The van der Waals surface area contributed by atoms with Crippen LogP contribution in [0.3, 0.4) is 0 Å². The summed E-state index contributed by atoms with van der Waals surface area (Å²) < 4.78 is 25.1. The Kier molecular flexibility index (Phi) is 5.43. The van der Waals surface area contributed by atoms with E-state index in [1.54, 1.807) is 13.2 Å². The van der Waals surface area contributed by atoms with Crippen LogP contribution >= 0.6 is 0 Å². The molecule has 0 radical (unpaired) electrons. The molecule has 1 atom stereocenters. The average molecular weight is 376 g/mol. The number of rotatable bonds is 6. The summed E-state index contributed by atoms with van der Waals surface area (Å²) >= 11 is 0. The van der Waals surface area contributed by atoms with Crippen LogP contribution in [0.25, 0.3) is 5.69 Å². The van der Waals surface area contributed by atoms with Gasteiger partial charge in [-0.25, -0.2) is 13.4 Å². The Balaban J connectivity index is 1.49. The van der Waals surface area contributed by atoms with E-state index in [4.69, 9.17) is 0 Å². The van der Waals surface area contributed by atoms with Crippen LogP contribution in [0.4, 0.5) is 0 Å². The van der Waals surface area contributed by atoms with Crippen molar-refractivity contribution >= 4 is 15.7 Å². The summed E-state index contributed by atoms with van der Waals surface area (Å²) in [5, 5.41) is 2.89. The smallest absolute Gasteiger partial charge is 0.234 e. The molecule has 1 N–H and O–H groups in total. The number of carbonyl (C=O) groups is 1. The molecule has 26 heavy (non-hydrogen) atoms. The molecular weight excluding hydrogens is 352 g/mol. The van der Waals surface area contributed by atoms with Crippen LogP contribution in [-0.4, -0.2) is 59.9 Å². The lowest BCUT2D eigenvalue weighted by molar-refractivity contribution is -0.122. The minimum Gasteiger partial charge on any atom is -0.351 e. The molecule has 2 aromatic rings. The Labute approximate surface area is 154 Å². The van der Waals surface area contributed by atoms with Crippen LogP contribution < -0.4 is 5.32 Å². The third kappa shape index (κ3) is 4.50. The molecule has 0 saturated carbocycles. The van der Waals surface area contributed by atoms with E-state index < -0.39 is 9.84 Å². The van der Waals surface area contributed by atoms with Crippen molar-refractivity contribution in [3.63, 3.8) is 0 Å². The highest BCUT2D eigenvalue weighted by atomic mass is 32.2. The van der Waals surface area contributed by atoms with E-state index in [1.807, 2.05) is 46.9 Å². The van der Waals surface area contributed by atoms with Crippen molar-refractivity contribution in [1.82, 2.24) is 19.8 Å². The van der Waals surface area contributed by atoms with Crippen molar-refractivity contribution < 1.29 is 13.2 Å². The summed E-state index contributed by atoms with van der Waals surface area (Å²) in [5.74, 6) is 1.17. The number of hydrogen-bond donors (Lipinski definition) is 1. The van der Waals surface area contributed by atoms with Crippen LogP contribution in [0.5, 0.6) is 0 Å². The molecule has 0 aliphatic carbocycles. The molecular formula is C18H24N4O3S. The zero-order valence-electron chi connectivity index (χ0n) is 15.1. The molecule has 3 rings (SSSR count). The maximum absolute atomic E-state index is 12.1. The summed E-state index contributed by atoms with van der Waals surface area (Å²) in [6, 6.07) is 7.87. The number of carbonyl (C=O) groups excluding carboxylic acids is 1. The van der Waals surface area contributed by atoms with E-state index in [1.165, 1.54) is 0 Å². The van der Waals surface area contributed by atoms with Gasteiger partial charge >= 0.3 is 0 Å². The van der Waals surface area contributed by atoms with Crippen LogP contribution in [0.2, 0.25) is 0 Å². The van der Waals surface area contributed by atoms with Crippen molar-refractivity contribution in [3.05, 3.63) is 48.0 Å². The molecule has 7 nitrogen and oxygen atoms in total. The number of hydrogen-bond acceptors (Lipinski definition) is 5. The molecule has 0 spiro atoms. The Bertz CT molecular complexity index is 874. The average Bonchev–Trinajstić information content (AvgIpc) is 3.18. The highest BCUT2D eigenvalue weighted by molar-refractivity contribution is 7.91. The summed E-state index contributed by atoms with van der Waals surface area (Å²) in [6.45, 7) is 2.59. The van der Waals surface area contributed by atoms with Crippen molar-refractivity contribution in [1.29, 1.82) is 0 Å². The van der Waals surface area contributed by atoms with Gasteiger partial charge < -0.3 is 9.88 Å². The third-order valence-corrected chi connectivity index (χ3v) is 6.51. The van der Waals surface area contributed by atoms with Gasteiger partial charge in [0.2, 0.25) is 5.91 Å². The van der Waals surface area contributed by atoms with E-state index in [9.17, 15) is 13.2 Å². The van der Waals surface area contributed by atoms with E-state index in [2.05, 4.69) is 10.3 Å². The van der Waals surface area contributed by atoms with E-state index in [0.717, 1.165) is 17.1 Å². The number of likely N-dealkylation sites (N-methyl/N-ethyl adjacent to an activating group) is 1. The number of nitrogens with zero attached hydrogens (tertiary/aromatic N) is 3. The Morgan fingerprint density at radius 1 is 1.35 bits per heavy atom. The lowest BCUT2D eigenvalue weighted by atomic mass is 10.2. The first-order chi connectivity index (χ1) is 12.3. The molecule has 1 fully saturated rings. The number of imidazole rings is 1. The highest BCUT2D eigenvalue weighted by Crippen LogP contribution is 2.16. The van der Waals surface area contributed by atoms with Gasteiger partial charge in [0.25, 0.3) is 0 Å². The molecule has 1 aliphatic rings. The molecule has 1 aliphatic heterocycles. The third-order valence-electron chi connectivity index (χ3n) is 4.75. The fourth-order valence-corrected chi connectivity index (χ4v) is 4.97. The van der Waals surface area contributed by atoms with E-state index in [0.29, 0.717) is 13.0 Å². The fraction of sp³-hybridized carbons (Fsp3) is 0.444. The Morgan fingerprint density at radius 3 is 2.65 bits per heavy atom. The molecule has 8 heteroatoms. The summed E-state index contributed by atoms with van der Waals surface area (Å²) in [6.07, 6.45) is 4.27. The first-order valence-corrected chi connectivity index (χ1v) is 10.4. The van der Waals surface area contributed by atoms with Gasteiger partial charge in [-0.3, -0.25) is 9.69 Å². The minimum atomic E-state index is -2.94. The number of sulfone groups is 1. The van der Waals surface area contributed by atoms with Gasteiger partial charge in [-0.15, -0.1) is 0 Å². The quantitative estimate of drug-likeness (QED) is 0.810. The van der Waals surface area contributed by atoms with Crippen LogP contribution in [0, 0.1) is 6.92 Å². The molecule has 1 aromatic heterocycles. The summed E-state index contributed by atoms with van der Waals surface area (Å²) in [7, 11) is -1.14. The second-order valence-electron chi connectivity index (χ2n) is 6.76. The molecule has 140 valence electrons. The number of benzene rings is 1. The first kappa shape index (κ1) is 18.6. The van der Waals surface area contributed by atoms with Crippen LogP contribution in [-0.2, 0) is 21.2 Å². The van der Waals surface area contributed by atoms with Crippen molar-refractivity contribution in [3.8, 4) is 5.69 Å². The van der Waals surface area contributed by atoms with Crippen LogP contribution in [0.15, 0.2) is 36.7 Å². The largest absolute Gasteiger partial charge is 0.351 e. The van der Waals surface area contributed by atoms with Crippen molar-refractivity contribution in [2.75, 3.05) is 25.1 Å². The zero-order chi connectivity index (χ0) is 18.7. The Hall–Kier alpha value is -2.19. The lowest BCUT2D eigenvalue weighted by Crippen LogP contribution is -2.41.